The minimum atomic E-state index is -0.488. The average molecular weight is 370 g/mol. The second-order valence-electron chi connectivity index (χ2n) is 6.39. The molecule has 1 atom stereocenters. The summed E-state index contributed by atoms with van der Waals surface area (Å²) in [5, 5.41) is 5.09. The minimum Gasteiger partial charge on any atom is -0.465 e. The van der Waals surface area contributed by atoms with E-state index >= 15 is 0 Å². The lowest BCUT2D eigenvalue weighted by molar-refractivity contribution is 0.0601. The van der Waals surface area contributed by atoms with Gasteiger partial charge in [0.25, 0.3) is 0 Å². The van der Waals surface area contributed by atoms with Gasteiger partial charge in [-0.3, -0.25) is 4.79 Å². The Kier molecular flexibility index (Phi) is 4.00. The Morgan fingerprint density at radius 2 is 2.15 bits per heavy atom. The molecule has 0 amide bonds. The average Bonchev–Trinajstić information content (AvgIpc) is 2.97. The van der Waals surface area contributed by atoms with E-state index in [0.29, 0.717) is 40.3 Å². The van der Waals surface area contributed by atoms with Crippen molar-refractivity contribution in [2.75, 3.05) is 7.11 Å². The van der Waals surface area contributed by atoms with Crippen LogP contribution in [0.2, 0.25) is 5.02 Å². The fourth-order valence-corrected chi connectivity index (χ4v) is 3.74. The maximum absolute atomic E-state index is 12.7. The molecule has 0 N–H and O–H groups in total. The van der Waals surface area contributed by atoms with Gasteiger partial charge in [0.1, 0.15) is 5.56 Å². The number of Topliss-reactive ketones (excluding diaryl/α,β-unsaturated/α-hetero) is 1. The van der Waals surface area contributed by atoms with Gasteiger partial charge in [0.2, 0.25) is 0 Å². The molecule has 0 saturated carbocycles. The van der Waals surface area contributed by atoms with Gasteiger partial charge in [-0.2, -0.15) is 5.10 Å². The molecular formula is C19H16ClN3O3. The third-order valence-electron chi connectivity index (χ3n) is 4.80. The molecule has 0 aliphatic heterocycles. The fraction of sp³-hybridized carbons (Fsp3) is 0.263. The van der Waals surface area contributed by atoms with Crippen LogP contribution in [0.4, 0.5) is 0 Å². The van der Waals surface area contributed by atoms with E-state index in [1.54, 1.807) is 11.4 Å². The molecule has 4 rings (SSSR count). The summed E-state index contributed by atoms with van der Waals surface area (Å²) in [7, 11) is 1.32. The zero-order chi connectivity index (χ0) is 18.4. The summed E-state index contributed by atoms with van der Waals surface area (Å²) in [6, 6.07) is 7.55. The van der Waals surface area contributed by atoms with Crippen molar-refractivity contribution in [2.24, 2.45) is 0 Å². The number of hydrogen-bond acceptors (Lipinski definition) is 5. The molecule has 1 aromatic carbocycles. The quantitative estimate of drug-likeness (QED) is 0.647. The zero-order valence-electron chi connectivity index (χ0n) is 14.3. The number of carbonyl (C=O) groups excluding carboxylic acids is 2. The Balaban J connectivity index is 1.86. The summed E-state index contributed by atoms with van der Waals surface area (Å²) in [6.45, 7) is 1.73. The Labute approximate surface area is 154 Å². The molecule has 132 valence electrons. The fourth-order valence-electron chi connectivity index (χ4n) is 3.54. The smallest absolute Gasteiger partial charge is 0.343 e. The number of carbonyl (C=O) groups is 2. The lowest BCUT2D eigenvalue weighted by Crippen LogP contribution is -2.22. The molecule has 3 aromatic rings. The van der Waals surface area contributed by atoms with E-state index in [1.165, 1.54) is 13.3 Å². The first-order chi connectivity index (χ1) is 12.5. The van der Waals surface area contributed by atoms with Crippen LogP contribution in [0.1, 0.15) is 50.0 Å². The summed E-state index contributed by atoms with van der Waals surface area (Å²) < 4.78 is 6.44. The van der Waals surface area contributed by atoms with Crippen LogP contribution < -0.4 is 0 Å². The third kappa shape index (κ3) is 2.57. The van der Waals surface area contributed by atoms with Gasteiger partial charge in [0.05, 0.1) is 24.1 Å². The highest BCUT2D eigenvalue weighted by molar-refractivity contribution is 6.30. The van der Waals surface area contributed by atoms with Crippen LogP contribution in [0.5, 0.6) is 0 Å². The summed E-state index contributed by atoms with van der Waals surface area (Å²) in [4.78, 5) is 29.0. The second-order valence-corrected chi connectivity index (χ2v) is 6.83. The van der Waals surface area contributed by atoms with Gasteiger partial charge in [0.15, 0.2) is 11.4 Å². The van der Waals surface area contributed by atoms with Crippen molar-refractivity contribution in [3.63, 3.8) is 0 Å². The van der Waals surface area contributed by atoms with Gasteiger partial charge in [-0.15, -0.1) is 0 Å². The Bertz CT molecular complexity index is 1060. The summed E-state index contributed by atoms with van der Waals surface area (Å²) >= 11 is 6.11. The lowest BCUT2D eigenvalue weighted by Gasteiger charge is -2.24. The maximum Gasteiger partial charge on any atom is 0.343 e. The Morgan fingerprint density at radius 1 is 1.35 bits per heavy atom. The van der Waals surface area contributed by atoms with Gasteiger partial charge in [-0.1, -0.05) is 23.7 Å². The highest BCUT2D eigenvalue weighted by Gasteiger charge is 2.31. The Morgan fingerprint density at radius 3 is 2.88 bits per heavy atom. The first-order valence-corrected chi connectivity index (χ1v) is 8.61. The van der Waals surface area contributed by atoms with Crippen molar-refractivity contribution < 1.29 is 14.3 Å². The zero-order valence-corrected chi connectivity index (χ0v) is 15.1. The molecular weight excluding hydrogens is 354 g/mol. The highest BCUT2D eigenvalue weighted by Crippen LogP contribution is 2.34. The Hall–Kier alpha value is -2.73. The first kappa shape index (κ1) is 16.7. The predicted octanol–water partition coefficient (Wildman–Crippen LogP) is 3.39. The molecule has 1 aliphatic carbocycles. The van der Waals surface area contributed by atoms with Crippen LogP contribution in [0, 0.1) is 6.92 Å². The molecule has 6 nitrogen and oxygen atoms in total. The highest BCUT2D eigenvalue weighted by atomic mass is 35.5. The van der Waals surface area contributed by atoms with E-state index in [9.17, 15) is 9.59 Å². The number of ketones is 1. The van der Waals surface area contributed by atoms with Gasteiger partial charge in [-0.25, -0.2) is 14.3 Å². The molecule has 0 saturated heterocycles. The number of rotatable bonds is 2. The number of fused-ring (bicyclic) bond motifs is 3. The first-order valence-electron chi connectivity index (χ1n) is 8.23. The molecule has 1 unspecified atom stereocenters. The van der Waals surface area contributed by atoms with Gasteiger partial charge >= 0.3 is 5.97 Å². The third-order valence-corrected chi connectivity index (χ3v) is 5.04. The van der Waals surface area contributed by atoms with E-state index < -0.39 is 5.97 Å². The predicted molar refractivity (Wildman–Crippen MR) is 95.9 cm³/mol. The van der Waals surface area contributed by atoms with Crippen LogP contribution in [-0.4, -0.2) is 33.5 Å². The molecule has 0 bridgehead atoms. The van der Waals surface area contributed by atoms with Gasteiger partial charge in [0, 0.05) is 17.6 Å². The van der Waals surface area contributed by atoms with Crippen LogP contribution in [-0.2, 0) is 11.2 Å². The van der Waals surface area contributed by atoms with Crippen molar-refractivity contribution >= 4 is 29.0 Å². The van der Waals surface area contributed by atoms with Crippen LogP contribution in [0.15, 0.2) is 30.5 Å². The van der Waals surface area contributed by atoms with Crippen molar-refractivity contribution in [1.29, 1.82) is 0 Å². The standard InChI is InChI=1S/C19H16ClN3O3/c1-10-17(19(25)26-2)18-21-9-14-15(23(18)22-10)7-12(8-16(14)24)11-4-3-5-13(20)6-11/h3-6,9,12H,7-8H2,1-2H3. The second kappa shape index (κ2) is 6.21. The normalized spacial score (nSPS) is 16.6. The van der Waals surface area contributed by atoms with Crippen molar-refractivity contribution in [3.05, 3.63) is 63.6 Å². The van der Waals surface area contributed by atoms with Crippen molar-refractivity contribution in [1.82, 2.24) is 14.6 Å². The summed E-state index contributed by atoms with van der Waals surface area (Å²) in [5.41, 5.74) is 3.58. The molecule has 26 heavy (non-hydrogen) atoms. The SMILES string of the molecule is COC(=O)c1c(C)nn2c3c(cnc12)C(=O)CC(c1cccc(Cl)c1)C3. The largest absolute Gasteiger partial charge is 0.465 e. The number of benzene rings is 1. The number of nitrogens with zero attached hydrogens (tertiary/aromatic N) is 3. The van der Waals surface area contributed by atoms with Crippen LogP contribution in [0.25, 0.3) is 5.65 Å². The van der Waals surface area contributed by atoms with E-state index in [-0.39, 0.29) is 11.7 Å². The lowest BCUT2D eigenvalue weighted by atomic mass is 9.82. The number of methoxy groups -OCH3 is 1. The van der Waals surface area contributed by atoms with Crippen LogP contribution >= 0.6 is 11.6 Å². The van der Waals surface area contributed by atoms with E-state index in [4.69, 9.17) is 16.3 Å². The number of aromatic nitrogens is 3. The molecule has 7 heteroatoms. The number of aryl methyl sites for hydroxylation is 1. The van der Waals surface area contributed by atoms with E-state index in [1.807, 2.05) is 24.3 Å². The van der Waals surface area contributed by atoms with E-state index in [0.717, 1.165) is 11.3 Å². The van der Waals surface area contributed by atoms with Crippen molar-refractivity contribution in [2.45, 2.75) is 25.7 Å². The molecule has 0 radical (unpaired) electrons. The van der Waals surface area contributed by atoms with E-state index in [2.05, 4.69) is 10.1 Å². The summed E-state index contributed by atoms with van der Waals surface area (Å²) in [5.74, 6) is -0.470. The molecule has 0 fully saturated rings. The molecule has 1 aliphatic rings. The minimum absolute atomic E-state index is 0.00498. The number of halogens is 1. The molecule has 2 heterocycles. The van der Waals surface area contributed by atoms with Crippen LogP contribution in [0.3, 0.4) is 0 Å². The summed E-state index contributed by atoms with van der Waals surface area (Å²) in [6.07, 6.45) is 2.54. The van der Waals surface area contributed by atoms with Crippen molar-refractivity contribution in [3.8, 4) is 0 Å². The molecule has 2 aromatic heterocycles. The number of ether oxygens (including phenoxy) is 1. The van der Waals surface area contributed by atoms with Gasteiger partial charge < -0.3 is 4.74 Å². The molecule has 0 spiro atoms. The monoisotopic (exact) mass is 369 g/mol. The van der Waals surface area contributed by atoms with Gasteiger partial charge in [-0.05, 0) is 37.0 Å². The number of esters is 1. The maximum atomic E-state index is 12.7. The topological polar surface area (TPSA) is 73.6 Å². The number of hydrogen-bond donors (Lipinski definition) is 0.